The molecule has 4 aromatic rings. The second-order valence-electron chi connectivity index (χ2n) is 7.34. The summed E-state index contributed by atoms with van der Waals surface area (Å²) >= 11 is 0. The molecule has 0 spiro atoms. The van der Waals surface area contributed by atoms with Gasteiger partial charge in [0.15, 0.2) is 5.52 Å². The monoisotopic (exact) mass is 432 g/mol. The first-order valence-electron chi connectivity index (χ1n) is 10.2. The van der Waals surface area contributed by atoms with Crippen LogP contribution in [0.3, 0.4) is 0 Å². The molecule has 1 amide bonds. The molecule has 2 heterocycles. The van der Waals surface area contributed by atoms with Crippen molar-refractivity contribution in [1.82, 2.24) is 19.4 Å². The lowest BCUT2D eigenvalue weighted by Crippen LogP contribution is -2.43. The highest BCUT2D eigenvalue weighted by Crippen LogP contribution is 2.07. The summed E-state index contributed by atoms with van der Waals surface area (Å²) in [7, 11) is 0. The number of carbonyl (C=O) groups excluding carboxylic acids is 1. The fraction of sp³-hybridized carbons (Fsp3) is 0.167. The Kier molecular flexibility index (Phi) is 6.21. The van der Waals surface area contributed by atoms with Gasteiger partial charge in [-0.25, -0.2) is 14.2 Å². The number of hydrogen-bond donors (Lipinski definition) is 1. The standard InChI is InChI=1S/C24H21FN4O3/c25-19-10-8-18(9-11-19)15-29-23(31)22-20(7-4-13-27-22)28(24(29)32)16-21(30)26-14-12-17-5-2-1-3-6-17/h1-11,13H,12,14-16H2,(H,26,30). The van der Waals surface area contributed by atoms with Gasteiger partial charge in [0.2, 0.25) is 5.91 Å². The number of amides is 1. The molecule has 0 radical (unpaired) electrons. The predicted octanol–water partition coefficient (Wildman–Crippen LogP) is 2.10. The van der Waals surface area contributed by atoms with Gasteiger partial charge in [-0.05, 0) is 41.8 Å². The van der Waals surface area contributed by atoms with Gasteiger partial charge in [-0.15, -0.1) is 0 Å². The molecular weight excluding hydrogens is 411 g/mol. The number of fused-ring (bicyclic) bond motifs is 1. The topological polar surface area (TPSA) is 86.0 Å². The summed E-state index contributed by atoms with van der Waals surface area (Å²) in [6.07, 6.45) is 2.12. The van der Waals surface area contributed by atoms with E-state index in [0.29, 0.717) is 18.5 Å². The number of pyridine rings is 1. The molecule has 0 aliphatic heterocycles. The van der Waals surface area contributed by atoms with Gasteiger partial charge in [-0.2, -0.15) is 0 Å². The number of nitrogens with one attached hydrogen (secondary N) is 1. The third kappa shape index (κ3) is 4.64. The lowest BCUT2D eigenvalue weighted by Gasteiger charge is -2.14. The van der Waals surface area contributed by atoms with Crippen molar-refractivity contribution in [3.63, 3.8) is 0 Å². The van der Waals surface area contributed by atoms with Gasteiger partial charge in [0, 0.05) is 12.7 Å². The number of benzene rings is 2. The molecule has 162 valence electrons. The summed E-state index contributed by atoms with van der Waals surface area (Å²) in [5.41, 5.74) is 0.864. The molecule has 1 N–H and O–H groups in total. The van der Waals surface area contributed by atoms with Crippen molar-refractivity contribution in [3.8, 4) is 0 Å². The predicted molar refractivity (Wildman–Crippen MR) is 119 cm³/mol. The van der Waals surface area contributed by atoms with Crippen molar-refractivity contribution in [2.75, 3.05) is 6.54 Å². The number of carbonyl (C=O) groups is 1. The smallest absolute Gasteiger partial charge is 0.332 e. The zero-order valence-corrected chi connectivity index (χ0v) is 17.2. The van der Waals surface area contributed by atoms with Crippen LogP contribution < -0.4 is 16.6 Å². The number of nitrogens with zero attached hydrogens (tertiary/aromatic N) is 3. The molecule has 0 atom stereocenters. The molecule has 0 fully saturated rings. The quantitative estimate of drug-likeness (QED) is 0.485. The van der Waals surface area contributed by atoms with E-state index in [2.05, 4.69) is 10.3 Å². The van der Waals surface area contributed by atoms with Gasteiger partial charge in [-0.3, -0.25) is 18.7 Å². The van der Waals surface area contributed by atoms with E-state index in [4.69, 9.17) is 0 Å². The summed E-state index contributed by atoms with van der Waals surface area (Å²) in [4.78, 5) is 42.7. The van der Waals surface area contributed by atoms with Gasteiger partial charge in [-0.1, -0.05) is 42.5 Å². The van der Waals surface area contributed by atoms with Crippen LogP contribution in [0.25, 0.3) is 11.0 Å². The first kappa shape index (κ1) is 21.2. The van der Waals surface area contributed by atoms with Crippen molar-refractivity contribution < 1.29 is 9.18 Å². The number of halogens is 1. The Morgan fingerprint density at radius 1 is 0.906 bits per heavy atom. The lowest BCUT2D eigenvalue weighted by atomic mass is 10.1. The Labute approximate surface area is 182 Å². The lowest BCUT2D eigenvalue weighted by molar-refractivity contribution is -0.121. The molecule has 8 heteroatoms. The van der Waals surface area contributed by atoms with Crippen LogP contribution in [0.1, 0.15) is 11.1 Å². The van der Waals surface area contributed by atoms with E-state index >= 15 is 0 Å². The minimum absolute atomic E-state index is 0.0555. The molecule has 0 bridgehead atoms. The van der Waals surface area contributed by atoms with Crippen molar-refractivity contribution >= 4 is 16.9 Å². The van der Waals surface area contributed by atoms with Crippen LogP contribution in [-0.2, 0) is 24.3 Å². The van der Waals surface area contributed by atoms with E-state index in [1.807, 2.05) is 30.3 Å². The van der Waals surface area contributed by atoms with Crippen LogP contribution in [0.4, 0.5) is 4.39 Å². The van der Waals surface area contributed by atoms with Crippen LogP contribution >= 0.6 is 0 Å². The number of rotatable bonds is 7. The van der Waals surface area contributed by atoms with E-state index in [-0.39, 0.29) is 30.0 Å². The molecule has 0 unspecified atom stereocenters. The average Bonchev–Trinajstić information content (AvgIpc) is 2.81. The number of aromatic nitrogens is 3. The maximum atomic E-state index is 13.2. The fourth-order valence-corrected chi connectivity index (χ4v) is 3.50. The summed E-state index contributed by atoms with van der Waals surface area (Å²) in [5, 5.41) is 2.81. The third-order valence-corrected chi connectivity index (χ3v) is 5.12. The zero-order chi connectivity index (χ0) is 22.5. The van der Waals surface area contributed by atoms with Gasteiger partial charge >= 0.3 is 5.69 Å². The van der Waals surface area contributed by atoms with Crippen LogP contribution in [0.15, 0.2) is 82.5 Å². The minimum atomic E-state index is -0.627. The average molecular weight is 432 g/mol. The van der Waals surface area contributed by atoms with Crippen molar-refractivity contribution in [2.24, 2.45) is 0 Å². The maximum absolute atomic E-state index is 13.2. The number of hydrogen-bond acceptors (Lipinski definition) is 4. The van der Waals surface area contributed by atoms with Crippen LogP contribution in [0.2, 0.25) is 0 Å². The van der Waals surface area contributed by atoms with E-state index in [0.717, 1.165) is 10.1 Å². The highest BCUT2D eigenvalue weighted by molar-refractivity contribution is 5.79. The molecule has 0 saturated carbocycles. The largest absolute Gasteiger partial charge is 0.354 e. The van der Waals surface area contributed by atoms with Gasteiger partial charge in [0.1, 0.15) is 12.4 Å². The summed E-state index contributed by atoms with van der Waals surface area (Å²) < 4.78 is 15.5. The molecule has 0 aliphatic carbocycles. The van der Waals surface area contributed by atoms with Crippen molar-refractivity contribution in [1.29, 1.82) is 0 Å². The Morgan fingerprint density at radius 2 is 1.66 bits per heavy atom. The Morgan fingerprint density at radius 3 is 2.41 bits per heavy atom. The SMILES string of the molecule is O=C(Cn1c(=O)n(Cc2ccc(F)cc2)c(=O)c2ncccc21)NCCc1ccccc1. The third-order valence-electron chi connectivity index (χ3n) is 5.12. The van der Waals surface area contributed by atoms with Crippen molar-refractivity contribution in [2.45, 2.75) is 19.5 Å². The summed E-state index contributed by atoms with van der Waals surface area (Å²) in [6, 6.07) is 18.5. The van der Waals surface area contributed by atoms with E-state index < -0.39 is 17.1 Å². The van der Waals surface area contributed by atoms with Crippen molar-refractivity contribution in [3.05, 3.63) is 111 Å². The summed E-state index contributed by atoms with van der Waals surface area (Å²) in [5.74, 6) is -0.758. The summed E-state index contributed by atoms with van der Waals surface area (Å²) in [6.45, 7) is 0.114. The molecule has 0 saturated heterocycles. The second-order valence-corrected chi connectivity index (χ2v) is 7.34. The van der Waals surface area contributed by atoms with E-state index in [1.165, 1.54) is 35.0 Å². The van der Waals surface area contributed by atoms with Crippen LogP contribution in [0, 0.1) is 5.82 Å². The molecule has 32 heavy (non-hydrogen) atoms. The maximum Gasteiger partial charge on any atom is 0.332 e. The molecular formula is C24H21FN4O3. The molecule has 2 aromatic heterocycles. The Bertz CT molecular complexity index is 1360. The first-order chi connectivity index (χ1) is 15.5. The first-order valence-corrected chi connectivity index (χ1v) is 10.2. The van der Waals surface area contributed by atoms with Gasteiger partial charge < -0.3 is 5.32 Å². The molecule has 0 aliphatic rings. The second kappa shape index (κ2) is 9.38. The van der Waals surface area contributed by atoms with Crippen LogP contribution in [0.5, 0.6) is 0 Å². The molecule has 7 nitrogen and oxygen atoms in total. The Hall–Kier alpha value is -4.07. The highest BCUT2D eigenvalue weighted by atomic mass is 19.1. The van der Waals surface area contributed by atoms with E-state index in [9.17, 15) is 18.8 Å². The fourth-order valence-electron chi connectivity index (χ4n) is 3.50. The van der Waals surface area contributed by atoms with Gasteiger partial charge in [0.05, 0.1) is 12.1 Å². The Balaban J connectivity index is 1.61. The molecule has 4 rings (SSSR count). The minimum Gasteiger partial charge on any atom is -0.354 e. The van der Waals surface area contributed by atoms with E-state index in [1.54, 1.807) is 12.1 Å². The zero-order valence-electron chi connectivity index (χ0n) is 17.2. The normalized spacial score (nSPS) is 10.9. The highest BCUT2D eigenvalue weighted by Gasteiger charge is 2.16. The van der Waals surface area contributed by atoms with Crippen LogP contribution in [-0.4, -0.2) is 26.6 Å². The van der Waals surface area contributed by atoms with Gasteiger partial charge in [0.25, 0.3) is 5.56 Å². The molecule has 2 aromatic carbocycles.